The third-order valence-electron chi connectivity index (χ3n) is 6.44. The van der Waals surface area contributed by atoms with Crippen molar-refractivity contribution in [2.24, 2.45) is 5.41 Å². The number of carbonyl (C=O) groups excluding carboxylic acids is 2. The van der Waals surface area contributed by atoms with E-state index >= 15 is 0 Å². The predicted molar refractivity (Wildman–Crippen MR) is 163 cm³/mol. The van der Waals surface area contributed by atoms with Crippen molar-refractivity contribution >= 4 is 40.4 Å². The van der Waals surface area contributed by atoms with Crippen LogP contribution in [0.3, 0.4) is 0 Å². The first-order valence-corrected chi connectivity index (χ1v) is 14.3. The minimum Gasteiger partial charge on any atom is -0.354 e. The molecule has 0 bridgehead atoms. The summed E-state index contributed by atoms with van der Waals surface area (Å²) in [5.74, 6) is -0.0354. The van der Waals surface area contributed by atoms with Crippen molar-refractivity contribution in [3.05, 3.63) is 98.8 Å². The van der Waals surface area contributed by atoms with E-state index in [1.54, 1.807) is 30.7 Å². The Labute approximate surface area is 251 Å². The lowest BCUT2D eigenvalue weighted by molar-refractivity contribution is 0.0751. The van der Waals surface area contributed by atoms with Gasteiger partial charge in [0.05, 0.1) is 23.1 Å². The van der Waals surface area contributed by atoms with Crippen LogP contribution in [0, 0.1) is 5.41 Å². The van der Waals surface area contributed by atoms with Crippen LogP contribution in [0.2, 0.25) is 4.34 Å². The van der Waals surface area contributed by atoms with Gasteiger partial charge >= 0.3 is 0 Å². The van der Waals surface area contributed by atoms with Crippen LogP contribution in [-0.2, 0) is 13.1 Å². The average molecular weight is 602 g/mol. The highest BCUT2D eigenvalue weighted by molar-refractivity contribution is 7.16. The summed E-state index contributed by atoms with van der Waals surface area (Å²) in [6.07, 6.45) is 7.82. The minimum atomic E-state index is -0.724. The zero-order chi connectivity index (χ0) is 30.0. The highest BCUT2D eigenvalue weighted by atomic mass is 35.5. The largest absolute Gasteiger partial charge is 0.354 e. The summed E-state index contributed by atoms with van der Waals surface area (Å²) in [6, 6.07) is 12.3. The van der Waals surface area contributed by atoms with Crippen molar-refractivity contribution in [1.82, 2.24) is 29.3 Å². The Morgan fingerprint density at radius 1 is 1.02 bits per heavy atom. The summed E-state index contributed by atoms with van der Waals surface area (Å²) in [6.45, 7) is 5.73. The Bertz CT molecular complexity index is 1810. The topological polar surface area (TPSA) is 116 Å². The van der Waals surface area contributed by atoms with Crippen LogP contribution < -0.4 is 10.5 Å². The number of nitrogens with zero attached hydrogens (tertiary/aromatic N) is 7. The molecule has 0 saturated carbocycles. The standard InChI is InChI=1S/C30H28ClN7O3S/c1-30(2,3)29(41)38-26(36(4)16-20-8-9-25(31)42-20)14-23(35-38)22-17-37(18-24(39)28-33-11-6-12-34-28)27(40)13-21(22)19-7-5-10-32-15-19/h5-15,17H,16,18H2,1-4H3. The maximum Gasteiger partial charge on any atom is 0.254 e. The molecule has 0 N–H and O–H groups in total. The number of rotatable bonds is 8. The first-order valence-electron chi connectivity index (χ1n) is 13.1. The molecule has 5 heterocycles. The Hall–Kier alpha value is -4.48. The monoisotopic (exact) mass is 601 g/mol. The lowest BCUT2D eigenvalue weighted by Gasteiger charge is -2.22. The van der Waals surface area contributed by atoms with Gasteiger partial charge in [0.1, 0.15) is 5.82 Å². The summed E-state index contributed by atoms with van der Waals surface area (Å²) in [7, 11) is 1.88. The first kappa shape index (κ1) is 29.0. The van der Waals surface area contributed by atoms with Crippen LogP contribution >= 0.6 is 22.9 Å². The third-order valence-corrected chi connectivity index (χ3v) is 7.66. The van der Waals surface area contributed by atoms with E-state index in [1.807, 2.05) is 57.0 Å². The molecule has 0 amide bonds. The minimum absolute atomic E-state index is 0.0138. The van der Waals surface area contributed by atoms with E-state index in [0.29, 0.717) is 39.1 Å². The second kappa shape index (κ2) is 11.8. The van der Waals surface area contributed by atoms with Crippen molar-refractivity contribution in [1.29, 1.82) is 0 Å². The second-order valence-electron chi connectivity index (χ2n) is 10.7. The third kappa shape index (κ3) is 6.22. The molecule has 0 spiro atoms. The molecule has 42 heavy (non-hydrogen) atoms. The molecule has 5 aromatic heterocycles. The molecular weight excluding hydrogens is 574 g/mol. The Morgan fingerprint density at radius 2 is 1.79 bits per heavy atom. The smallest absolute Gasteiger partial charge is 0.254 e. The van der Waals surface area contributed by atoms with Gasteiger partial charge in [-0.05, 0) is 29.8 Å². The fourth-order valence-electron chi connectivity index (χ4n) is 4.32. The van der Waals surface area contributed by atoms with Crippen LogP contribution in [-0.4, -0.2) is 48.0 Å². The molecule has 0 saturated heterocycles. The van der Waals surface area contributed by atoms with Gasteiger partial charge in [-0.1, -0.05) is 38.4 Å². The SMILES string of the molecule is CN(Cc1ccc(Cl)s1)c1cc(-c2cn(CC(=O)c3ncccn3)c(=O)cc2-c2cccnc2)nn1C(=O)C(C)(C)C. The zero-order valence-electron chi connectivity index (χ0n) is 23.5. The number of carbonyl (C=O) groups is 2. The number of thiophene rings is 1. The molecule has 0 aliphatic carbocycles. The summed E-state index contributed by atoms with van der Waals surface area (Å²) < 4.78 is 3.38. The van der Waals surface area contributed by atoms with Gasteiger partial charge in [0.2, 0.25) is 5.78 Å². The molecular formula is C30H28ClN7O3S. The maximum atomic E-state index is 13.6. The van der Waals surface area contributed by atoms with Crippen LogP contribution in [0.25, 0.3) is 22.4 Å². The fraction of sp³-hybridized carbons (Fsp3) is 0.233. The number of Topliss-reactive ketones (excluding diaryl/α,β-unsaturated/α-hetero) is 1. The lowest BCUT2D eigenvalue weighted by atomic mass is 9.96. The summed E-state index contributed by atoms with van der Waals surface area (Å²) in [5, 5.41) is 4.77. The van der Waals surface area contributed by atoms with Crippen molar-refractivity contribution in [3.8, 4) is 22.4 Å². The van der Waals surface area contributed by atoms with Gasteiger partial charge in [-0.3, -0.25) is 19.4 Å². The van der Waals surface area contributed by atoms with Gasteiger partial charge in [-0.25, -0.2) is 9.97 Å². The number of anilines is 1. The van der Waals surface area contributed by atoms with E-state index in [4.69, 9.17) is 16.7 Å². The molecule has 0 fully saturated rings. The van der Waals surface area contributed by atoms with Gasteiger partial charge in [-0.2, -0.15) is 9.78 Å². The van der Waals surface area contributed by atoms with Crippen LogP contribution in [0.5, 0.6) is 0 Å². The molecule has 214 valence electrons. The van der Waals surface area contributed by atoms with E-state index in [1.165, 1.54) is 39.0 Å². The highest BCUT2D eigenvalue weighted by Crippen LogP contribution is 2.34. The second-order valence-corrected chi connectivity index (χ2v) is 12.5. The van der Waals surface area contributed by atoms with Crippen molar-refractivity contribution < 1.29 is 9.59 Å². The molecule has 12 heteroatoms. The Kier molecular flexibility index (Phi) is 8.15. The Balaban J connectivity index is 1.65. The van der Waals surface area contributed by atoms with Gasteiger partial charge in [0, 0.05) is 71.6 Å². The van der Waals surface area contributed by atoms with E-state index in [2.05, 4.69) is 15.0 Å². The van der Waals surface area contributed by atoms with Crippen LogP contribution in [0.4, 0.5) is 5.82 Å². The Morgan fingerprint density at radius 3 is 2.43 bits per heavy atom. The van der Waals surface area contributed by atoms with Gasteiger partial charge in [-0.15, -0.1) is 11.3 Å². The normalized spacial score (nSPS) is 11.5. The molecule has 10 nitrogen and oxygen atoms in total. The summed E-state index contributed by atoms with van der Waals surface area (Å²) in [5.41, 5.74) is 1.15. The van der Waals surface area contributed by atoms with Gasteiger partial charge < -0.3 is 9.47 Å². The van der Waals surface area contributed by atoms with Crippen molar-refractivity contribution in [2.45, 2.75) is 33.9 Å². The van der Waals surface area contributed by atoms with E-state index in [-0.39, 0.29) is 23.8 Å². The van der Waals surface area contributed by atoms with E-state index < -0.39 is 11.2 Å². The molecule has 0 aliphatic heterocycles. The number of aromatic nitrogens is 6. The molecule has 5 aromatic rings. The molecule has 0 radical (unpaired) electrons. The first-order chi connectivity index (χ1) is 20.0. The lowest BCUT2D eigenvalue weighted by Crippen LogP contribution is -2.31. The number of pyridine rings is 2. The van der Waals surface area contributed by atoms with Gasteiger partial charge in [0.25, 0.3) is 11.5 Å². The fourth-order valence-corrected chi connectivity index (χ4v) is 5.46. The highest BCUT2D eigenvalue weighted by Gasteiger charge is 2.29. The number of ketones is 1. The van der Waals surface area contributed by atoms with Crippen molar-refractivity contribution in [2.75, 3.05) is 11.9 Å². The number of hydrogen-bond donors (Lipinski definition) is 0. The predicted octanol–water partition coefficient (Wildman–Crippen LogP) is 5.48. The molecule has 5 rings (SSSR count). The van der Waals surface area contributed by atoms with Crippen LogP contribution in [0.1, 0.15) is 41.1 Å². The van der Waals surface area contributed by atoms with E-state index in [9.17, 15) is 14.4 Å². The number of halogens is 1. The quantitative estimate of drug-likeness (QED) is 0.215. The summed E-state index contributed by atoms with van der Waals surface area (Å²) in [4.78, 5) is 55.0. The maximum absolute atomic E-state index is 13.6. The van der Waals surface area contributed by atoms with Crippen molar-refractivity contribution in [3.63, 3.8) is 0 Å². The molecule has 0 atom stereocenters. The summed E-state index contributed by atoms with van der Waals surface area (Å²) >= 11 is 7.62. The molecule has 0 aromatic carbocycles. The molecule has 0 unspecified atom stereocenters. The molecule has 0 aliphatic rings. The number of hydrogen-bond acceptors (Lipinski definition) is 9. The van der Waals surface area contributed by atoms with Gasteiger partial charge in [0.15, 0.2) is 5.82 Å². The van der Waals surface area contributed by atoms with Crippen LogP contribution in [0.15, 0.2) is 78.2 Å². The van der Waals surface area contributed by atoms with E-state index in [0.717, 1.165) is 4.88 Å². The zero-order valence-corrected chi connectivity index (χ0v) is 25.1. The average Bonchev–Trinajstić information content (AvgIpc) is 3.60.